The Kier molecular flexibility index (Phi) is 6.20. The minimum absolute atomic E-state index is 0.736. The smallest absolute Gasteiger partial charge is 0.00619 e. The van der Waals surface area contributed by atoms with Gasteiger partial charge in [-0.25, -0.2) is 0 Å². The first-order valence-corrected chi connectivity index (χ1v) is 6.26. The Morgan fingerprint density at radius 2 is 1.93 bits per heavy atom. The van der Waals surface area contributed by atoms with Gasteiger partial charge >= 0.3 is 0 Å². The molecule has 2 heteroatoms. The number of likely N-dealkylation sites (tertiary alicyclic amines) is 1. The van der Waals surface area contributed by atoms with Gasteiger partial charge in [-0.3, -0.25) is 0 Å². The second-order valence-corrected chi connectivity index (χ2v) is 4.44. The van der Waals surface area contributed by atoms with Crippen molar-refractivity contribution >= 4 is 0 Å². The van der Waals surface area contributed by atoms with E-state index in [1.54, 1.807) is 0 Å². The summed E-state index contributed by atoms with van der Waals surface area (Å²) in [6.07, 6.45) is 8.25. The molecule has 1 rings (SSSR count). The molecule has 0 aliphatic carbocycles. The Labute approximate surface area is 89.1 Å². The van der Waals surface area contributed by atoms with Crippen molar-refractivity contribution in [2.24, 2.45) is 0 Å². The fraction of sp³-hybridized carbons (Fsp3) is 1.00. The zero-order valence-electron chi connectivity index (χ0n) is 9.89. The number of hydrogen-bond acceptors (Lipinski definition) is 2. The maximum absolute atomic E-state index is 3.37. The third kappa shape index (κ3) is 4.43. The van der Waals surface area contributed by atoms with Crippen molar-refractivity contribution in [3.63, 3.8) is 0 Å². The van der Waals surface area contributed by atoms with Crippen LogP contribution in [0.3, 0.4) is 0 Å². The number of hydrogen-bond donors (Lipinski definition) is 1. The van der Waals surface area contributed by atoms with Crippen LogP contribution in [0.25, 0.3) is 0 Å². The summed E-state index contributed by atoms with van der Waals surface area (Å²) in [7, 11) is 2.08. The Morgan fingerprint density at radius 1 is 1.21 bits per heavy atom. The first kappa shape index (κ1) is 12.0. The first-order valence-electron chi connectivity index (χ1n) is 6.26. The topological polar surface area (TPSA) is 15.3 Å². The highest BCUT2D eigenvalue weighted by Gasteiger charge is 2.10. The summed E-state index contributed by atoms with van der Waals surface area (Å²) in [6.45, 7) is 6.27. The number of nitrogens with one attached hydrogen (secondary N) is 1. The summed E-state index contributed by atoms with van der Waals surface area (Å²) in [5, 5.41) is 3.37. The lowest BCUT2D eigenvalue weighted by atomic mass is 10.1. The van der Waals surface area contributed by atoms with E-state index in [-0.39, 0.29) is 0 Å². The molecule has 14 heavy (non-hydrogen) atoms. The minimum atomic E-state index is 0.736. The summed E-state index contributed by atoms with van der Waals surface area (Å²) < 4.78 is 0. The van der Waals surface area contributed by atoms with Crippen LogP contribution < -0.4 is 5.32 Å². The van der Waals surface area contributed by atoms with Crippen LogP contribution in [-0.2, 0) is 0 Å². The largest absolute Gasteiger partial charge is 0.317 e. The zero-order valence-corrected chi connectivity index (χ0v) is 9.89. The van der Waals surface area contributed by atoms with Crippen LogP contribution >= 0.6 is 0 Å². The summed E-state index contributed by atoms with van der Waals surface area (Å²) >= 11 is 0. The second kappa shape index (κ2) is 7.24. The van der Waals surface area contributed by atoms with E-state index < -0.39 is 0 Å². The molecule has 0 aromatic heterocycles. The van der Waals surface area contributed by atoms with E-state index in [1.807, 2.05) is 0 Å². The van der Waals surface area contributed by atoms with E-state index in [2.05, 4.69) is 24.2 Å². The molecule has 1 aliphatic rings. The highest BCUT2D eigenvalue weighted by Crippen LogP contribution is 2.10. The molecule has 0 amide bonds. The molecule has 1 aliphatic heterocycles. The maximum Gasteiger partial charge on any atom is 0.00619 e. The minimum Gasteiger partial charge on any atom is -0.317 e. The SMILES string of the molecule is CCC(CCCN1CCCCC1)NC. The highest BCUT2D eigenvalue weighted by atomic mass is 15.1. The van der Waals surface area contributed by atoms with Gasteiger partial charge in [0, 0.05) is 6.04 Å². The van der Waals surface area contributed by atoms with Crippen molar-refractivity contribution in [1.29, 1.82) is 0 Å². The van der Waals surface area contributed by atoms with Gasteiger partial charge in [0.2, 0.25) is 0 Å². The summed E-state index contributed by atoms with van der Waals surface area (Å²) in [6, 6.07) is 0.736. The monoisotopic (exact) mass is 198 g/mol. The summed E-state index contributed by atoms with van der Waals surface area (Å²) in [4.78, 5) is 2.63. The van der Waals surface area contributed by atoms with Crippen LogP contribution in [0.15, 0.2) is 0 Å². The van der Waals surface area contributed by atoms with Crippen molar-refractivity contribution < 1.29 is 0 Å². The molecule has 0 bridgehead atoms. The van der Waals surface area contributed by atoms with E-state index >= 15 is 0 Å². The Balaban J connectivity index is 2.01. The van der Waals surface area contributed by atoms with Gasteiger partial charge < -0.3 is 10.2 Å². The molecule has 0 spiro atoms. The fourth-order valence-electron chi connectivity index (χ4n) is 2.30. The zero-order chi connectivity index (χ0) is 10.2. The van der Waals surface area contributed by atoms with Crippen molar-refractivity contribution in [2.75, 3.05) is 26.7 Å². The van der Waals surface area contributed by atoms with Crippen molar-refractivity contribution in [3.05, 3.63) is 0 Å². The molecule has 0 aromatic carbocycles. The number of piperidine rings is 1. The normalized spacial score (nSPS) is 21.0. The molecule has 0 saturated carbocycles. The molecule has 84 valence electrons. The quantitative estimate of drug-likeness (QED) is 0.704. The molecular weight excluding hydrogens is 172 g/mol. The summed E-state index contributed by atoms with van der Waals surface area (Å²) in [5.41, 5.74) is 0. The average molecular weight is 198 g/mol. The molecule has 0 radical (unpaired) electrons. The van der Waals surface area contributed by atoms with Crippen LogP contribution in [-0.4, -0.2) is 37.6 Å². The van der Waals surface area contributed by atoms with Gasteiger partial charge in [0.25, 0.3) is 0 Å². The summed E-state index contributed by atoms with van der Waals surface area (Å²) in [5.74, 6) is 0. The van der Waals surface area contributed by atoms with Crippen LogP contribution in [0.4, 0.5) is 0 Å². The maximum atomic E-state index is 3.37. The van der Waals surface area contributed by atoms with Crippen molar-refractivity contribution in [1.82, 2.24) is 10.2 Å². The van der Waals surface area contributed by atoms with E-state index in [4.69, 9.17) is 0 Å². The van der Waals surface area contributed by atoms with Gasteiger partial charge in [-0.05, 0) is 58.8 Å². The third-order valence-corrected chi connectivity index (χ3v) is 3.38. The average Bonchev–Trinajstić information content (AvgIpc) is 2.26. The predicted octanol–water partition coefficient (Wildman–Crippen LogP) is 2.25. The Hall–Kier alpha value is -0.0800. The van der Waals surface area contributed by atoms with E-state index in [0.29, 0.717) is 0 Å². The van der Waals surface area contributed by atoms with Gasteiger partial charge in [0.05, 0.1) is 0 Å². The standard InChI is InChI=1S/C12H26N2/c1-3-12(13-2)8-7-11-14-9-5-4-6-10-14/h12-13H,3-11H2,1-2H3. The van der Waals surface area contributed by atoms with Crippen molar-refractivity contribution in [3.8, 4) is 0 Å². The van der Waals surface area contributed by atoms with Crippen LogP contribution in [0.5, 0.6) is 0 Å². The van der Waals surface area contributed by atoms with Gasteiger partial charge in [-0.15, -0.1) is 0 Å². The molecule has 1 unspecified atom stereocenters. The van der Waals surface area contributed by atoms with E-state index in [0.717, 1.165) is 6.04 Å². The molecule has 1 atom stereocenters. The molecule has 1 N–H and O–H groups in total. The lowest BCUT2D eigenvalue weighted by molar-refractivity contribution is 0.221. The predicted molar refractivity (Wildman–Crippen MR) is 62.7 cm³/mol. The van der Waals surface area contributed by atoms with Crippen molar-refractivity contribution in [2.45, 2.75) is 51.5 Å². The van der Waals surface area contributed by atoms with Crippen LogP contribution in [0, 0.1) is 0 Å². The number of rotatable bonds is 6. The fourth-order valence-corrected chi connectivity index (χ4v) is 2.30. The first-order chi connectivity index (χ1) is 6.86. The van der Waals surface area contributed by atoms with E-state index in [1.165, 1.54) is 58.2 Å². The molecule has 1 saturated heterocycles. The highest BCUT2D eigenvalue weighted by molar-refractivity contribution is 4.67. The van der Waals surface area contributed by atoms with Crippen LogP contribution in [0.1, 0.15) is 45.4 Å². The van der Waals surface area contributed by atoms with Gasteiger partial charge in [-0.2, -0.15) is 0 Å². The molecule has 1 heterocycles. The lowest BCUT2D eigenvalue weighted by Crippen LogP contribution is -2.32. The number of nitrogens with zero attached hydrogens (tertiary/aromatic N) is 1. The molecule has 1 fully saturated rings. The van der Waals surface area contributed by atoms with Gasteiger partial charge in [0.15, 0.2) is 0 Å². The van der Waals surface area contributed by atoms with Gasteiger partial charge in [0.1, 0.15) is 0 Å². The molecule has 0 aromatic rings. The van der Waals surface area contributed by atoms with Crippen LogP contribution in [0.2, 0.25) is 0 Å². The molecule has 2 nitrogen and oxygen atoms in total. The third-order valence-electron chi connectivity index (χ3n) is 3.38. The van der Waals surface area contributed by atoms with Gasteiger partial charge in [-0.1, -0.05) is 13.3 Å². The Bertz CT molecular complexity index is 126. The Morgan fingerprint density at radius 3 is 2.50 bits per heavy atom. The second-order valence-electron chi connectivity index (χ2n) is 4.44. The molecular formula is C12H26N2. The lowest BCUT2D eigenvalue weighted by Gasteiger charge is -2.26. The van der Waals surface area contributed by atoms with E-state index in [9.17, 15) is 0 Å².